The van der Waals surface area contributed by atoms with Crippen molar-refractivity contribution in [3.05, 3.63) is 29.8 Å². The topological polar surface area (TPSA) is 320 Å². The lowest BCUT2D eigenvalue weighted by molar-refractivity contribution is -0.149. The maximum Gasteiger partial charge on any atom is 0.326 e. The number of nitrogens with zero attached hydrogens (tertiary/aromatic N) is 3. The zero-order valence-corrected chi connectivity index (χ0v) is 28.0. The van der Waals surface area contributed by atoms with Gasteiger partial charge in [0.2, 0.25) is 23.6 Å². The van der Waals surface area contributed by atoms with Crippen LogP contribution in [-0.4, -0.2) is 106 Å². The van der Waals surface area contributed by atoms with Gasteiger partial charge >= 0.3 is 5.97 Å². The molecule has 1 aromatic rings. The van der Waals surface area contributed by atoms with Crippen LogP contribution < -0.4 is 44.6 Å². The molecule has 1 aromatic carbocycles. The van der Waals surface area contributed by atoms with Crippen molar-refractivity contribution in [3.63, 3.8) is 0 Å². The SMILES string of the molecule is CC(C)C(NC(=O)C(N)CCCN=C(N)N)C(=O)NC(Cc1ccc(O)cc1)C(=O)NC(CCCN=C(N)N)C(=O)N1CCCC1C(=O)O. The van der Waals surface area contributed by atoms with E-state index in [1.54, 1.807) is 26.0 Å². The number of aromatic hydroxyl groups is 1. The Bertz CT molecular complexity index is 1350. The number of amides is 4. The lowest BCUT2D eigenvalue weighted by Crippen LogP contribution is -2.59. The van der Waals surface area contributed by atoms with E-state index in [0.29, 0.717) is 18.4 Å². The van der Waals surface area contributed by atoms with Gasteiger partial charge in [0.25, 0.3) is 0 Å². The number of carboxylic acid groups (broad SMARTS) is 1. The van der Waals surface area contributed by atoms with Crippen LogP contribution in [0.25, 0.3) is 0 Å². The molecule has 15 N–H and O–H groups in total. The summed E-state index contributed by atoms with van der Waals surface area (Å²) in [5.74, 6) is -4.35. The number of phenolic OH excluding ortho intramolecular Hbond substituents is 1. The molecule has 272 valence electrons. The zero-order chi connectivity index (χ0) is 36.7. The van der Waals surface area contributed by atoms with Gasteiger partial charge in [0.05, 0.1) is 6.04 Å². The van der Waals surface area contributed by atoms with Gasteiger partial charge in [-0.15, -0.1) is 0 Å². The number of carboxylic acids is 1. The number of hydrogen-bond acceptors (Lipinski definition) is 9. The van der Waals surface area contributed by atoms with Gasteiger partial charge in [0.1, 0.15) is 29.9 Å². The summed E-state index contributed by atoms with van der Waals surface area (Å²) in [4.78, 5) is 74.9. The summed E-state index contributed by atoms with van der Waals surface area (Å²) in [6, 6.07) is 0.527. The monoisotopic (exact) mass is 689 g/mol. The molecule has 49 heavy (non-hydrogen) atoms. The second-order valence-corrected chi connectivity index (χ2v) is 12.3. The first kappa shape index (κ1) is 40.0. The van der Waals surface area contributed by atoms with E-state index in [1.165, 1.54) is 17.0 Å². The van der Waals surface area contributed by atoms with E-state index in [4.69, 9.17) is 28.7 Å². The Morgan fingerprint density at radius 3 is 1.98 bits per heavy atom. The van der Waals surface area contributed by atoms with Gasteiger partial charge in [-0.25, -0.2) is 4.79 Å². The summed E-state index contributed by atoms with van der Waals surface area (Å²) in [5.41, 5.74) is 28.1. The second kappa shape index (κ2) is 19.6. The van der Waals surface area contributed by atoms with Crippen molar-refractivity contribution in [2.45, 2.75) is 89.0 Å². The molecule has 0 aromatic heterocycles. The number of carbonyl (C=O) groups excluding carboxylic acids is 4. The molecule has 0 bridgehead atoms. The number of rotatable bonds is 19. The van der Waals surface area contributed by atoms with E-state index in [-0.39, 0.29) is 69.4 Å². The standard InChI is InChI=1S/C31H51N11O7/c1-17(2)24(41-25(44)20(32)6-3-13-37-30(33)34)27(46)40-22(16-18-9-11-19(43)12-10-18)26(45)39-21(7-4-14-38-31(35)36)28(47)42-15-5-8-23(42)29(48)49/h9-12,17,20-24,43H,3-8,13-16,32H2,1-2H3,(H,39,45)(H,40,46)(H,41,44)(H,48,49)(H4,33,34,37)(H4,35,36,38). The number of carbonyl (C=O) groups is 5. The summed E-state index contributed by atoms with van der Waals surface area (Å²) in [6.07, 6.45) is 1.75. The van der Waals surface area contributed by atoms with Crippen LogP contribution in [0.5, 0.6) is 5.75 Å². The first-order chi connectivity index (χ1) is 23.1. The molecular formula is C31H51N11O7. The van der Waals surface area contributed by atoms with Crippen LogP contribution in [0.4, 0.5) is 0 Å². The van der Waals surface area contributed by atoms with Crippen molar-refractivity contribution in [2.24, 2.45) is 44.6 Å². The van der Waals surface area contributed by atoms with Crippen LogP contribution >= 0.6 is 0 Å². The lowest BCUT2D eigenvalue weighted by Gasteiger charge is -2.30. The van der Waals surface area contributed by atoms with Gasteiger partial charge in [-0.1, -0.05) is 26.0 Å². The highest BCUT2D eigenvalue weighted by Crippen LogP contribution is 2.20. The van der Waals surface area contributed by atoms with Crippen molar-refractivity contribution in [1.82, 2.24) is 20.9 Å². The van der Waals surface area contributed by atoms with Crippen LogP contribution in [0.2, 0.25) is 0 Å². The van der Waals surface area contributed by atoms with Crippen LogP contribution in [0, 0.1) is 5.92 Å². The minimum atomic E-state index is -1.25. The molecule has 0 saturated carbocycles. The van der Waals surface area contributed by atoms with Gasteiger partial charge in [-0.3, -0.25) is 29.2 Å². The molecule has 1 heterocycles. The largest absolute Gasteiger partial charge is 0.508 e. The summed E-state index contributed by atoms with van der Waals surface area (Å²) >= 11 is 0. The predicted molar refractivity (Wildman–Crippen MR) is 183 cm³/mol. The zero-order valence-electron chi connectivity index (χ0n) is 28.0. The first-order valence-electron chi connectivity index (χ1n) is 16.2. The number of phenols is 1. The smallest absolute Gasteiger partial charge is 0.326 e. The average molecular weight is 690 g/mol. The van der Waals surface area contributed by atoms with Gasteiger partial charge < -0.3 is 59.7 Å². The fraction of sp³-hybridized carbons (Fsp3) is 0.581. The van der Waals surface area contributed by atoms with Crippen molar-refractivity contribution in [1.29, 1.82) is 0 Å². The Hall–Kier alpha value is -5.13. The summed E-state index contributed by atoms with van der Waals surface area (Å²) in [5, 5.41) is 27.5. The molecule has 0 radical (unpaired) electrons. The molecule has 5 unspecified atom stereocenters. The summed E-state index contributed by atoms with van der Waals surface area (Å²) in [7, 11) is 0. The molecule has 1 fully saturated rings. The molecular weight excluding hydrogens is 638 g/mol. The third-order valence-electron chi connectivity index (χ3n) is 7.94. The Balaban J connectivity index is 2.30. The van der Waals surface area contributed by atoms with Crippen molar-refractivity contribution in [3.8, 4) is 5.75 Å². The molecule has 1 aliphatic heterocycles. The molecule has 0 aliphatic carbocycles. The molecule has 2 rings (SSSR count). The predicted octanol–water partition coefficient (Wildman–Crippen LogP) is -2.44. The highest BCUT2D eigenvalue weighted by molar-refractivity contribution is 5.95. The molecule has 18 heteroatoms. The van der Waals surface area contributed by atoms with Gasteiger partial charge in [0, 0.05) is 26.1 Å². The Morgan fingerprint density at radius 1 is 0.857 bits per heavy atom. The maximum absolute atomic E-state index is 13.9. The molecule has 1 aliphatic rings. The Labute approximate surface area is 285 Å². The van der Waals surface area contributed by atoms with Gasteiger partial charge in [-0.05, 0) is 62.1 Å². The normalized spacial score (nSPS) is 16.5. The number of nitrogens with two attached hydrogens (primary N) is 5. The van der Waals surface area contributed by atoms with E-state index in [0.717, 1.165) is 0 Å². The maximum atomic E-state index is 13.9. The van der Waals surface area contributed by atoms with Gasteiger partial charge in [0.15, 0.2) is 11.9 Å². The summed E-state index contributed by atoms with van der Waals surface area (Å²) < 4.78 is 0. The highest BCUT2D eigenvalue weighted by atomic mass is 16.4. The summed E-state index contributed by atoms with van der Waals surface area (Å²) in [6.45, 7) is 4.06. The van der Waals surface area contributed by atoms with E-state index >= 15 is 0 Å². The molecule has 4 amide bonds. The van der Waals surface area contributed by atoms with E-state index in [1.807, 2.05) is 0 Å². The number of guanidine groups is 2. The number of hydrogen-bond donors (Lipinski definition) is 10. The highest BCUT2D eigenvalue weighted by Gasteiger charge is 2.38. The first-order valence-corrected chi connectivity index (χ1v) is 16.2. The van der Waals surface area contributed by atoms with Crippen molar-refractivity contribution < 1.29 is 34.2 Å². The molecule has 5 atom stereocenters. The van der Waals surface area contributed by atoms with Crippen LogP contribution in [0.1, 0.15) is 57.9 Å². The fourth-order valence-electron chi connectivity index (χ4n) is 5.30. The van der Waals surface area contributed by atoms with E-state index in [2.05, 4.69) is 25.9 Å². The fourth-order valence-corrected chi connectivity index (χ4v) is 5.30. The second-order valence-electron chi connectivity index (χ2n) is 12.3. The average Bonchev–Trinajstić information content (AvgIpc) is 3.53. The number of benzene rings is 1. The molecule has 1 saturated heterocycles. The Morgan fingerprint density at radius 2 is 1.43 bits per heavy atom. The van der Waals surface area contributed by atoms with Crippen molar-refractivity contribution >= 4 is 41.5 Å². The Kier molecular flexibility index (Phi) is 16.0. The molecule has 0 spiro atoms. The third kappa shape index (κ3) is 13.5. The molecule has 18 nitrogen and oxygen atoms in total. The van der Waals surface area contributed by atoms with Crippen LogP contribution in [-0.2, 0) is 30.4 Å². The van der Waals surface area contributed by atoms with Gasteiger partial charge in [-0.2, -0.15) is 0 Å². The number of aliphatic imine (C=N–C) groups is 2. The quantitative estimate of drug-likeness (QED) is 0.0411. The van der Waals surface area contributed by atoms with E-state index < -0.39 is 65.7 Å². The van der Waals surface area contributed by atoms with Crippen LogP contribution in [0.3, 0.4) is 0 Å². The van der Waals surface area contributed by atoms with Crippen LogP contribution in [0.15, 0.2) is 34.3 Å². The number of aliphatic carboxylic acids is 1. The minimum absolute atomic E-state index is 0.00366. The third-order valence-corrected chi connectivity index (χ3v) is 7.94. The number of likely N-dealkylation sites (tertiary alicyclic amines) is 1. The van der Waals surface area contributed by atoms with E-state index in [9.17, 15) is 34.2 Å². The van der Waals surface area contributed by atoms with Crippen molar-refractivity contribution in [2.75, 3.05) is 19.6 Å². The number of nitrogens with one attached hydrogen (secondary N) is 3. The minimum Gasteiger partial charge on any atom is -0.508 e. The lowest BCUT2D eigenvalue weighted by atomic mass is 9.99.